The van der Waals surface area contributed by atoms with E-state index in [9.17, 15) is 4.79 Å². The van der Waals surface area contributed by atoms with Crippen molar-refractivity contribution in [1.29, 1.82) is 0 Å². The molecule has 140 valence electrons. The molecule has 1 unspecified atom stereocenters. The predicted octanol–water partition coefficient (Wildman–Crippen LogP) is 4.17. The van der Waals surface area contributed by atoms with E-state index in [-0.39, 0.29) is 36.3 Å². The van der Waals surface area contributed by atoms with Crippen LogP contribution < -0.4 is 11.1 Å². The van der Waals surface area contributed by atoms with Crippen molar-refractivity contribution in [1.82, 2.24) is 4.90 Å². The standard InChI is InChI=1S/C19H21Cl2N3O.ClH/c1-12(19(25)23-18-9-14(20)7-8-16(18)21)24-10-15(17(22)11-24)13-5-3-2-4-6-13;/h2-9,12,15,17H,10-11,22H2,1H3,(H,23,25);1H/t12?,15-,17+;/m0./s1. The highest BCUT2D eigenvalue weighted by molar-refractivity contribution is 6.35. The van der Waals surface area contributed by atoms with Gasteiger partial charge in [0, 0.05) is 30.1 Å². The third-order valence-electron chi connectivity index (χ3n) is 4.73. The Hall–Kier alpha value is -1.30. The van der Waals surface area contributed by atoms with Crippen molar-refractivity contribution >= 4 is 47.2 Å². The molecule has 4 nitrogen and oxygen atoms in total. The second-order valence-electron chi connectivity index (χ2n) is 6.42. The van der Waals surface area contributed by atoms with Crippen molar-refractivity contribution in [3.05, 3.63) is 64.1 Å². The predicted molar refractivity (Wildman–Crippen MR) is 111 cm³/mol. The summed E-state index contributed by atoms with van der Waals surface area (Å²) in [5.74, 6) is 0.108. The summed E-state index contributed by atoms with van der Waals surface area (Å²) in [5, 5.41) is 3.85. The Morgan fingerprint density at radius 3 is 2.58 bits per heavy atom. The molecule has 3 atom stereocenters. The lowest BCUT2D eigenvalue weighted by Gasteiger charge is -2.23. The van der Waals surface area contributed by atoms with E-state index in [4.69, 9.17) is 28.9 Å². The minimum Gasteiger partial charge on any atom is -0.326 e. The summed E-state index contributed by atoms with van der Waals surface area (Å²) in [4.78, 5) is 14.7. The van der Waals surface area contributed by atoms with Crippen molar-refractivity contribution in [2.45, 2.75) is 24.9 Å². The lowest BCUT2D eigenvalue weighted by molar-refractivity contribution is -0.120. The van der Waals surface area contributed by atoms with E-state index in [2.05, 4.69) is 22.3 Å². The molecule has 0 aliphatic carbocycles. The van der Waals surface area contributed by atoms with Crippen molar-refractivity contribution in [2.24, 2.45) is 5.73 Å². The number of benzene rings is 2. The number of anilines is 1. The molecule has 3 rings (SSSR count). The van der Waals surface area contributed by atoms with Crippen LogP contribution in [0.25, 0.3) is 0 Å². The van der Waals surface area contributed by atoms with Gasteiger partial charge in [-0.3, -0.25) is 9.69 Å². The molecular weight excluding hydrogens is 393 g/mol. The van der Waals surface area contributed by atoms with Gasteiger partial charge in [-0.25, -0.2) is 0 Å². The van der Waals surface area contributed by atoms with E-state index in [1.54, 1.807) is 18.2 Å². The molecule has 26 heavy (non-hydrogen) atoms. The third kappa shape index (κ3) is 4.70. The summed E-state index contributed by atoms with van der Waals surface area (Å²) in [6.45, 7) is 3.31. The monoisotopic (exact) mass is 413 g/mol. The number of carbonyl (C=O) groups excluding carboxylic acids is 1. The van der Waals surface area contributed by atoms with Crippen LogP contribution in [-0.2, 0) is 4.79 Å². The van der Waals surface area contributed by atoms with Crippen LogP contribution in [0.4, 0.5) is 5.69 Å². The maximum Gasteiger partial charge on any atom is 0.241 e. The Morgan fingerprint density at radius 2 is 1.88 bits per heavy atom. The van der Waals surface area contributed by atoms with Gasteiger partial charge in [0.1, 0.15) is 0 Å². The summed E-state index contributed by atoms with van der Waals surface area (Å²) in [6, 6.07) is 14.9. The molecule has 1 fully saturated rings. The number of hydrogen-bond acceptors (Lipinski definition) is 3. The van der Waals surface area contributed by atoms with Crippen LogP contribution in [0, 0.1) is 0 Å². The number of likely N-dealkylation sites (tertiary alicyclic amines) is 1. The van der Waals surface area contributed by atoms with Crippen molar-refractivity contribution < 1.29 is 4.79 Å². The second kappa shape index (κ2) is 9.07. The fourth-order valence-electron chi connectivity index (χ4n) is 3.23. The molecule has 1 aliphatic rings. The van der Waals surface area contributed by atoms with Crippen LogP contribution in [0.1, 0.15) is 18.4 Å². The van der Waals surface area contributed by atoms with Crippen LogP contribution >= 0.6 is 35.6 Å². The molecule has 1 heterocycles. The Kier molecular flexibility index (Phi) is 7.33. The Balaban J connectivity index is 0.00000243. The fourth-order valence-corrected chi connectivity index (χ4v) is 3.56. The van der Waals surface area contributed by atoms with Gasteiger partial charge in [0.05, 0.1) is 16.8 Å². The molecule has 0 bridgehead atoms. The largest absolute Gasteiger partial charge is 0.326 e. The zero-order chi connectivity index (χ0) is 18.0. The highest BCUT2D eigenvalue weighted by Crippen LogP contribution is 2.29. The van der Waals surface area contributed by atoms with E-state index in [0.717, 1.165) is 6.54 Å². The normalized spacial score (nSPS) is 21.1. The Labute approximate surface area is 170 Å². The third-order valence-corrected chi connectivity index (χ3v) is 5.30. The molecule has 1 saturated heterocycles. The van der Waals surface area contributed by atoms with E-state index >= 15 is 0 Å². The van der Waals surface area contributed by atoms with Crippen LogP contribution in [0.5, 0.6) is 0 Å². The minimum absolute atomic E-state index is 0. The quantitative estimate of drug-likeness (QED) is 0.789. The summed E-state index contributed by atoms with van der Waals surface area (Å²) in [6.07, 6.45) is 0. The van der Waals surface area contributed by atoms with Crippen molar-refractivity contribution in [3.8, 4) is 0 Å². The number of nitrogens with two attached hydrogens (primary N) is 1. The zero-order valence-corrected chi connectivity index (χ0v) is 16.7. The molecule has 0 saturated carbocycles. The Morgan fingerprint density at radius 1 is 1.19 bits per heavy atom. The minimum atomic E-state index is -0.310. The Bertz CT molecular complexity index is 757. The smallest absolute Gasteiger partial charge is 0.241 e. The van der Waals surface area contributed by atoms with Gasteiger partial charge in [-0.1, -0.05) is 53.5 Å². The first-order valence-corrected chi connectivity index (χ1v) is 9.02. The zero-order valence-electron chi connectivity index (χ0n) is 14.4. The number of nitrogens with zero attached hydrogens (tertiary/aromatic N) is 1. The summed E-state index contributed by atoms with van der Waals surface area (Å²) >= 11 is 12.1. The molecule has 1 aliphatic heterocycles. The summed E-state index contributed by atoms with van der Waals surface area (Å²) < 4.78 is 0. The van der Waals surface area contributed by atoms with E-state index in [1.807, 2.05) is 25.1 Å². The topological polar surface area (TPSA) is 58.4 Å². The van der Waals surface area contributed by atoms with Gasteiger partial charge in [-0.2, -0.15) is 0 Å². The van der Waals surface area contributed by atoms with Gasteiger partial charge in [-0.05, 0) is 30.7 Å². The van der Waals surface area contributed by atoms with E-state index in [0.29, 0.717) is 22.3 Å². The van der Waals surface area contributed by atoms with Crippen LogP contribution in [0.15, 0.2) is 48.5 Å². The first-order chi connectivity index (χ1) is 12.0. The molecule has 0 aromatic heterocycles. The average Bonchev–Trinajstić information content (AvgIpc) is 3.00. The summed E-state index contributed by atoms with van der Waals surface area (Å²) in [5.41, 5.74) is 8.06. The molecule has 1 amide bonds. The number of amides is 1. The molecule has 0 spiro atoms. The van der Waals surface area contributed by atoms with Gasteiger partial charge in [0.25, 0.3) is 0 Å². The van der Waals surface area contributed by atoms with Gasteiger partial charge in [0.15, 0.2) is 0 Å². The first kappa shape index (κ1) is 21.0. The fraction of sp³-hybridized carbons (Fsp3) is 0.316. The number of rotatable bonds is 4. The highest BCUT2D eigenvalue weighted by atomic mass is 35.5. The van der Waals surface area contributed by atoms with Gasteiger partial charge in [-0.15, -0.1) is 12.4 Å². The second-order valence-corrected chi connectivity index (χ2v) is 7.27. The lowest BCUT2D eigenvalue weighted by Crippen LogP contribution is -2.41. The van der Waals surface area contributed by atoms with Crippen molar-refractivity contribution in [3.63, 3.8) is 0 Å². The van der Waals surface area contributed by atoms with Crippen LogP contribution in [0.2, 0.25) is 10.0 Å². The van der Waals surface area contributed by atoms with E-state index < -0.39 is 0 Å². The molecule has 3 N–H and O–H groups in total. The number of nitrogens with one attached hydrogen (secondary N) is 1. The molecular formula is C19H22Cl3N3O. The number of carbonyl (C=O) groups is 1. The molecule has 0 radical (unpaired) electrons. The maximum absolute atomic E-state index is 12.6. The van der Waals surface area contributed by atoms with Gasteiger partial charge < -0.3 is 11.1 Å². The van der Waals surface area contributed by atoms with Crippen molar-refractivity contribution in [2.75, 3.05) is 18.4 Å². The first-order valence-electron chi connectivity index (χ1n) is 8.26. The molecule has 2 aromatic rings. The molecule has 2 aromatic carbocycles. The van der Waals surface area contributed by atoms with E-state index in [1.165, 1.54) is 5.56 Å². The average molecular weight is 415 g/mol. The lowest BCUT2D eigenvalue weighted by atomic mass is 9.95. The SMILES string of the molecule is CC(C(=O)Nc1cc(Cl)ccc1Cl)N1C[C@@H](N)[C@H](c2ccccc2)C1.Cl. The van der Waals surface area contributed by atoms with Crippen LogP contribution in [0.3, 0.4) is 0 Å². The van der Waals surface area contributed by atoms with Crippen LogP contribution in [-0.4, -0.2) is 36.0 Å². The van der Waals surface area contributed by atoms with Gasteiger partial charge >= 0.3 is 0 Å². The number of halogens is 3. The van der Waals surface area contributed by atoms with Gasteiger partial charge in [0.2, 0.25) is 5.91 Å². The summed E-state index contributed by atoms with van der Waals surface area (Å²) in [7, 11) is 0. The highest BCUT2D eigenvalue weighted by Gasteiger charge is 2.35. The maximum atomic E-state index is 12.6. The molecule has 7 heteroatoms. The number of hydrogen-bond donors (Lipinski definition) is 2.